The number of aromatic nitrogens is 3. The molecular formula is C18H31N5O. The van der Waals surface area contributed by atoms with Crippen LogP contribution in [0.4, 0.5) is 0 Å². The number of amides is 1. The molecule has 0 unspecified atom stereocenters. The van der Waals surface area contributed by atoms with Gasteiger partial charge in [-0.05, 0) is 18.8 Å². The summed E-state index contributed by atoms with van der Waals surface area (Å²) in [4.78, 5) is 21.3. The molecule has 2 aliphatic rings. The number of H-pyrrole nitrogens is 1. The van der Waals surface area contributed by atoms with Crippen molar-refractivity contribution in [3.8, 4) is 0 Å². The van der Waals surface area contributed by atoms with Crippen molar-refractivity contribution in [1.82, 2.24) is 25.0 Å². The zero-order valence-corrected chi connectivity index (χ0v) is 15.1. The lowest BCUT2D eigenvalue weighted by atomic mass is 9.79. The second kappa shape index (κ2) is 8.10. The molecule has 1 aromatic heterocycles. The van der Waals surface area contributed by atoms with Gasteiger partial charge in [0.1, 0.15) is 5.82 Å². The highest BCUT2D eigenvalue weighted by molar-refractivity contribution is 5.76. The van der Waals surface area contributed by atoms with Gasteiger partial charge in [0.2, 0.25) is 5.91 Å². The first-order valence-corrected chi connectivity index (χ1v) is 9.50. The summed E-state index contributed by atoms with van der Waals surface area (Å²) in [5, 5.41) is 7.08. The molecule has 2 heterocycles. The van der Waals surface area contributed by atoms with E-state index in [1.54, 1.807) is 0 Å². The lowest BCUT2D eigenvalue weighted by Crippen LogP contribution is -2.48. The highest BCUT2D eigenvalue weighted by atomic mass is 16.2. The molecule has 1 amide bonds. The molecule has 1 saturated heterocycles. The van der Waals surface area contributed by atoms with Crippen molar-refractivity contribution < 1.29 is 4.79 Å². The number of carbonyl (C=O) groups excluding carboxylic acids is 1. The number of hydrogen-bond acceptors (Lipinski definition) is 4. The average molecular weight is 333 g/mol. The van der Waals surface area contributed by atoms with E-state index in [4.69, 9.17) is 0 Å². The summed E-state index contributed by atoms with van der Waals surface area (Å²) < 4.78 is 0. The maximum absolute atomic E-state index is 12.6. The van der Waals surface area contributed by atoms with Crippen LogP contribution in [0.25, 0.3) is 0 Å². The average Bonchev–Trinajstić information content (AvgIpc) is 3.01. The van der Waals surface area contributed by atoms with Crippen molar-refractivity contribution in [2.45, 2.75) is 58.9 Å². The summed E-state index contributed by atoms with van der Waals surface area (Å²) in [7, 11) is 0. The molecule has 1 saturated carbocycles. The minimum absolute atomic E-state index is 0.349. The Morgan fingerprint density at radius 2 is 1.92 bits per heavy atom. The second-order valence-corrected chi connectivity index (χ2v) is 7.57. The quantitative estimate of drug-likeness (QED) is 0.898. The smallest absolute Gasteiger partial charge is 0.222 e. The van der Waals surface area contributed by atoms with Crippen molar-refractivity contribution in [3.63, 3.8) is 0 Å². The van der Waals surface area contributed by atoms with E-state index >= 15 is 0 Å². The molecule has 1 aliphatic heterocycles. The number of aryl methyl sites for hydroxylation is 1. The molecule has 1 aliphatic carbocycles. The van der Waals surface area contributed by atoms with Gasteiger partial charge in [0, 0.05) is 32.6 Å². The maximum atomic E-state index is 12.6. The molecule has 6 heteroatoms. The van der Waals surface area contributed by atoms with Crippen molar-refractivity contribution in [1.29, 1.82) is 0 Å². The van der Waals surface area contributed by atoms with Crippen LogP contribution in [0.15, 0.2) is 0 Å². The molecule has 0 spiro atoms. The molecule has 134 valence electrons. The number of carbonyl (C=O) groups is 1. The normalized spacial score (nSPS) is 21.8. The number of nitrogens with one attached hydrogen (secondary N) is 1. The van der Waals surface area contributed by atoms with E-state index in [9.17, 15) is 4.79 Å². The fourth-order valence-electron chi connectivity index (χ4n) is 4.09. The van der Waals surface area contributed by atoms with E-state index in [1.165, 1.54) is 32.1 Å². The lowest BCUT2D eigenvalue weighted by Gasteiger charge is -2.35. The van der Waals surface area contributed by atoms with Gasteiger partial charge < -0.3 is 4.90 Å². The van der Waals surface area contributed by atoms with E-state index in [1.807, 2.05) is 6.92 Å². The molecule has 0 aromatic carbocycles. The van der Waals surface area contributed by atoms with Gasteiger partial charge in [0.05, 0.1) is 6.54 Å². The van der Waals surface area contributed by atoms with Crippen LogP contribution in [0.3, 0.4) is 0 Å². The van der Waals surface area contributed by atoms with E-state index in [2.05, 4.69) is 31.9 Å². The highest BCUT2D eigenvalue weighted by Gasteiger charge is 2.26. The Bertz CT molecular complexity index is 529. The fourth-order valence-corrected chi connectivity index (χ4v) is 4.09. The first-order chi connectivity index (χ1) is 11.6. The Kier molecular flexibility index (Phi) is 5.87. The Balaban J connectivity index is 1.41. The van der Waals surface area contributed by atoms with Crippen molar-refractivity contribution >= 4 is 5.91 Å². The third kappa shape index (κ3) is 4.56. The minimum atomic E-state index is 0.349. The summed E-state index contributed by atoms with van der Waals surface area (Å²) in [5.41, 5.74) is 0. The number of hydrogen-bond donors (Lipinski definition) is 1. The number of piperazine rings is 1. The molecule has 0 bridgehead atoms. The number of nitrogens with zero attached hydrogens (tertiary/aromatic N) is 4. The standard InChI is InChI=1S/C18H31N5O/c1-14(16-6-4-3-5-7-16)12-18(24)23-10-8-22(9-11-23)13-17-19-15(2)20-21-17/h14,16H,3-13H2,1-2H3,(H,19,20,21)/t14-/m0/s1. The predicted octanol–water partition coefficient (Wildman–Crippen LogP) is 2.36. The van der Waals surface area contributed by atoms with Gasteiger partial charge in [-0.1, -0.05) is 39.0 Å². The van der Waals surface area contributed by atoms with Crippen molar-refractivity contribution in [2.75, 3.05) is 26.2 Å². The molecule has 24 heavy (non-hydrogen) atoms. The molecule has 6 nitrogen and oxygen atoms in total. The zero-order valence-electron chi connectivity index (χ0n) is 15.1. The Morgan fingerprint density at radius 1 is 1.21 bits per heavy atom. The van der Waals surface area contributed by atoms with Gasteiger partial charge in [-0.15, -0.1) is 0 Å². The summed E-state index contributed by atoms with van der Waals surface area (Å²) >= 11 is 0. The Labute approximate surface area is 145 Å². The van der Waals surface area contributed by atoms with Gasteiger partial charge in [-0.2, -0.15) is 5.10 Å². The van der Waals surface area contributed by atoms with E-state index in [0.717, 1.165) is 56.7 Å². The summed E-state index contributed by atoms with van der Waals surface area (Å²) in [5.74, 6) is 3.35. The monoisotopic (exact) mass is 333 g/mol. The highest BCUT2D eigenvalue weighted by Crippen LogP contribution is 2.31. The fraction of sp³-hybridized carbons (Fsp3) is 0.833. The summed E-state index contributed by atoms with van der Waals surface area (Å²) in [6.07, 6.45) is 7.44. The van der Waals surface area contributed by atoms with Gasteiger partial charge in [-0.25, -0.2) is 4.98 Å². The largest absolute Gasteiger partial charge is 0.340 e. The van der Waals surface area contributed by atoms with Crippen LogP contribution in [-0.4, -0.2) is 57.1 Å². The molecule has 0 radical (unpaired) electrons. The van der Waals surface area contributed by atoms with Crippen LogP contribution in [-0.2, 0) is 11.3 Å². The van der Waals surface area contributed by atoms with E-state index in [0.29, 0.717) is 11.8 Å². The first kappa shape index (κ1) is 17.4. The van der Waals surface area contributed by atoms with Crippen molar-refractivity contribution in [2.24, 2.45) is 11.8 Å². The zero-order chi connectivity index (χ0) is 16.9. The first-order valence-electron chi connectivity index (χ1n) is 9.50. The molecule has 3 rings (SSSR count). The molecule has 1 aromatic rings. The van der Waals surface area contributed by atoms with Crippen LogP contribution in [0.1, 0.15) is 57.1 Å². The maximum Gasteiger partial charge on any atom is 0.222 e. The van der Waals surface area contributed by atoms with E-state index in [-0.39, 0.29) is 0 Å². The topological polar surface area (TPSA) is 65.1 Å². The molecule has 1 atom stereocenters. The Hall–Kier alpha value is -1.43. The van der Waals surface area contributed by atoms with Gasteiger partial charge in [-0.3, -0.25) is 14.8 Å². The van der Waals surface area contributed by atoms with E-state index < -0.39 is 0 Å². The van der Waals surface area contributed by atoms with Crippen LogP contribution < -0.4 is 0 Å². The predicted molar refractivity (Wildman–Crippen MR) is 93.3 cm³/mol. The van der Waals surface area contributed by atoms with Gasteiger partial charge >= 0.3 is 0 Å². The third-order valence-corrected chi connectivity index (χ3v) is 5.68. The van der Waals surface area contributed by atoms with Gasteiger partial charge in [0.15, 0.2) is 5.82 Å². The van der Waals surface area contributed by atoms with Crippen LogP contribution in [0, 0.1) is 18.8 Å². The molecular weight excluding hydrogens is 302 g/mol. The van der Waals surface area contributed by atoms with Crippen LogP contribution >= 0.6 is 0 Å². The number of aromatic amines is 1. The number of rotatable bonds is 5. The lowest BCUT2D eigenvalue weighted by molar-refractivity contribution is -0.134. The molecule has 2 fully saturated rings. The van der Waals surface area contributed by atoms with Gasteiger partial charge in [0.25, 0.3) is 0 Å². The van der Waals surface area contributed by atoms with Crippen molar-refractivity contribution in [3.05, 3.63) is 11.6 Å². The summed E-state index contributed by atoms with van der Waals surface area (Å²) in [6.45, 7) is 8.45. The third-order valence-electron chi connectivity index (χ3n) is 5.68. The SMILES string of the molecule is Cc1nc(CN2CCN(C(=O)C[C@H](C)C3CCCCC3)CC2)n[nH]1. The summed E-state index contributed by atoms with van der Waals surface area (Å²) in [6, 6.07) is 0. The minimum Gasteiger partial charge on any atom is -0.340 e. The van der Waals surface area contributed by atoms with Crippen LogP contribution in [0.5, 0.6) is 0 Å². The second-order valence-electron chi connectivity index (χ2n) is 7.57. The van der Waals surface area contributed by atoms with Crippen LogP contribution in [0.2, 0.25) is 0 Å². The molecule has 1 N–H and O–H groups in total. The Morgan fingerprint density at radius 3 is 2.54 bits per heavy atom.